The molecule has 81 heavy (non-hydrogen) atoms. The van der Waals surface area contributed by atoms with E-state index in [1.165, 1.54) is 33.4 Å². The zero-order valence-corrected chi connectivity index (χ0v) is 44.2. The molecule has 382 valence electrons. The largest absolute Gasteiger partial charge is 0.310 e. The minimum Gasteiger partial charge on any atom is -0.310 e. The maximum Gasteiger partial charge on any atom is 0.145 e. The molecular weight excluding hydrogens is 985 g/mol. The third kappa shape index (κ3) is 8.03. The maximum absolute atomic E-state index is 5.21. The molecule has 2 aromatic heterocycles. The van der Waals surface area contributed by atoms with Gasteiger partial charge in [0.15, 0.2) is 0 Å². The van der Waals surface area contributed by atoms with Crippen LogP contribution in [0.5, 0.6) is 0 Å². The van der Waals surface area contributed by atoms with Gasteiger partial charge in [0, 0.05) is 56.6 Å². The first kappa shape index (κ1) is 47.4. The van der Waals surface area contributed by atoms with Crippen molar-refractivity contribution in [3.63, 3.8) is 0 Å². The molecule has 1 aliphatic carbocycles. The second kappa shape index (κ2) is 19.9. The number of benzene rings is 12. The molecule has 0 amide bonds. The van der Waals surface area contributed by atoms with E-state index in [0.717, 1.165) is 90.3 Å². The van der Waals surface area contributed by atoms with E-state index in [4.69, 9.17) is 9.97 Å². The third-order valence-corrected chi connectivity index (χ3v) is 16.0. The number of anilines is 6. The number of aromatic nitrogens is 4. The smallest absolute Gasteiger partial charge is 0.145 e. The molecule has 6 heteroatoms. The van der Waals surface area contributed by atoms with Crippen molar-refractivity contribution in [1.82, 2.24) is 19.1 Å². The molecule has 0 spiro atoms. The highest BCUT2D eigenvalue weighted by Gasteiger charge is 2.47. The van der Waals surface area contributed by atoms with Gasteiger partial charge in [-0.15, -0.1) is 0 Å². The van der Waals surface area contributed by atoms with E-state index in [2.05, 4.69) is 334 Å². The number of rotatable bonds is 12. The van der Waals surface area contributed by atoms with Gasteiger partial charge in [-0.25, -0.2) is 9.97 Å². The van der Waals surface area contributed by atoms with E-state index < -0.39 is 5.41 Å². The SMILES string of the molecule is c1ccc(N(c2ccc(-c3nc4ccccc4n3-c3ccccc3)cc2)c2ccc3c(c2)C(c2ccccc2)(c2ccccc2)c2cc(N(c4ccccc4)c4ccc(-c5nc6ccccc6n5-c5ccccc5)cc4)ccc2-3)cc1. The van der Waals surface area contributed by atoms with E-state index in [0.29, 0.717) is 0 Å². The number of fused-ring (bicyclic) bond motifs is 5. The molecule has 0 bridgehead atoms. The van der Waals surface area contributed by atoms with E-state index in [1.54, 1.807) is 0 Å². The average Bonchev–Trinajstić information content (AvgIpc) is 4.40. The number of imidazole rings is 2. The zero-order valence-electron chi connectivity index (χ0n) is 44.2. The Morgan fingerprint density at radius 3 is 0.963 bits per heavy atom. The quantitative estimate of drug-likeness (QED) is 0.122. The molecule has 15 rings (SSSR count). The van der Waals surface area contributed by atoms with Crippen molar-refractivity contribution in [2.24, 2.45) is 0 Å². The molecule has 0 saturated carbocycles. The van der Waals surface area contributed by atoms with Gasteiger partial charge in [0.2, 0.25) is 0 Å². The van der Waals surface area contributed by atoms with Gasteiger partial charge in [-0.2, -0.15) is 0 Å². The van der Waals surface area contributed by atoms with E-state index >= 15 is 0 Å². The van der Waals surface area contributed by atoms with Crippen LogP contribution < -0.4 is 9.80 Å². The summed E-state index contributed by atoms with van der Waals surface area (Å²) in [5, 5.41) is 0. The Kier molecular flexibility index (Phi) is 11.6. The molecule has 0 unspecified atom stereocenters. The Balaban J connectivity index is 0.880. The van der Waals surface area contributed by atoms with Crippen LogP contribution in [0.1, 0.15) is 22.3 Å². The monoisotopic (exact) mass is 1040 g/mol. The first-order valence-corrected chi connectivity index (χ1v) is 27.6. The van der Waals surface area contributed by atoms with Gasteiger partial charge in [-0.05, 0) is 179 Å². The Hall–Kier alpha value is -10.8. The summed E-state index contributed by atoms with van der Waals surface area (Å²) >= 11 is 0. The number of para-hydroxylation sites is 8. The molecule has 0 radical (unpaired) electrons. The van der Waals surface area contributed by atoms with Gasteiger partial charge in [-0.3, -0.25) is 9.13 Å². The van der Waals surface area contributed by atoms with Gasteiger partial charge < -0.3 is 9.80 Å². The fourth-order valence-electron chi connectivity index (χ4n) is 12.4. The lowest BCUT2D eigenvalue weighted by Gasteiger charge is -2.35. The first-order valence-electron chi connectivity index (χ1n) is 27.6. The van der Waals surface area contributed by atoms with Crippen LogP contribution in [0.3, 0.4) is 0 Å². The summed E-state index contributed by atoms with van der Waals surface area (Å²) in [7, 11) is 0. The van der Waals surface area contributed by atoms with E-state index in [1.807, 2.05) is 0 Å². The molecule has 1 aliphatic rings. The second-order valence-electron chi connectivity index (χ2n) is 20.6. The molecule has 0 saturated heterocycles. The summed E-state index contributed by atoms with van der Waals surface area (Å²) in [5.74, 6) is 1.79. The lowest BCUT2D eigenvalue weighted by Crippen LogP contribution is -2.29. The molecule has 0 fully saturated rings. The fraction of sp³-hybridized carbons (Fsp3) is 0.0133. The van der Waals surface area contributed by atoms with Crippen molar-refractivity contribution in [2.45, 2.75) is 5.41 Å². The summed E-state index contributed by atoms with van der Waals surface area (Å²) < 4.78 is 4.52. The van der Waals surface area contributed by atoms with Crippen molar-refractivity contribution in [1.29, 1.82) is 0 Å². The molecular formula is C75H52N6. The van der Waals surface area contributed by atoms with Crippen LogP contribution in [0, 0.1) is 0 Å². The first-order chi connectivity index (χ1) is 40.2. The lowest BCUT2D eigenvalue weighted by atomic mass is 9.67. The number of nitrogens with zero attached hydrogens (tertiary/aromatic N) is 6. The van der Waals surface area contributed by atoms with Crippen LogP contribution >= 0.6 is 0 Å². The van der Waals surface area contributed by atoms with Crippen LogP contribution in [0.15, 0.2) is 315 Å². The van der Waals surface area contributed by atoms with Crippen LogP contribution in [0.25, 0.3) is 67.3 Å². The summed E-state index contributed by atoms with van der Waals surface area (Å²) in [6, 6.07) is 113. The number of hydrogen-bond acceptors (Lipinski definition) is 4. The lowest BCUT2D eigenvalue weighted by molar-refractivity contribution is 0.768. The van der Waals surface area contributed by atoms with E-state index in [-0.39, 0.29) is 0 Å². The molecule has 0 atom stereocenters. The molecule has 2 heterocycles. The number of hydrogen-bond donors (Lipinski definition) is 0. The summed E-state index contributed by atoms with van der Waals surface area (Å²) in [6.45, 7) is 0. The van der Waals surface area contributed by atoms with Gasteiger partial charge in [0.1, 0.15) is 11.6 Å². The highest BCUT2D eigenvalue weighted by molar-refractivity contribution is 5.93. The highest BCUT2D eigenvalue weighted by atomic mass is 15.2. The fourth-order valence-corrected chi connectivity index (χ4v) is 12.4. The van der Waals surface area contributed by atoms with Crippen molar-refractivity contribution in [2.75, 3.05) is 9.80 Å². The third-order valence-electron chi connectivity index (χ3n) is 16.0. The molecule has 0 N–H and O–H groups in total. The maximum atomic E-state index is 5.21. The van der Waals surface area contributed by atoms with Crippen LogP contribution in [0.4, 0.5) is 34.1 Å². The molecule has 14 aromatic rings. The summed E-state index contributed by atoms with van der Waals surface area (Å²) in [5.41, 5.74) is 21.1. The normalized spacial score (nSPS) is 12.3. The Bertz CT molecular complexity index is 4240. The van der Waals surface area contributed by atoms with Crippen molar-refractivity contribution < 1.29 is 0 Å². The van der Waals surface area contributed by atoms with Crippen LogP contribution in [0.2, 0.25) is 0 Å². The zero-order chi connectivity index (χ0) is 53.7. The van der Waals surface area contributed by atoms with Gasteiger partial charge in [0.25, 0.3) is 0 Å². The Labute approximate surface area is 471 Å². The topological polar surface area (TPSA) is 42.1 Å². The van der Waals surface area contributed by atoms with Gasteiger partial charge in [-0.1, -0.05) is 170 Å². The summed E-state index contributed by atoms with van der Waals surface area (Å²) in [6.07, 6.45) is 0. The Morgan fingerprint density at radius 1 is 0.272 bits per heavy atom. The minimum absolute atomic E-state index is 0.704. The Morgan fingerprint density at radius 2 is 0.580 bits per heavy atom. The van der Waals surface area contributed by atoms with Crippen molar-refractivity contribution >= 4 is 56.2 Å². The second-order valence-corrected chi connectivity index (χ2v) is 20.6. The molecule has 12 aromatic carbocycles. The minimum atomic E-state index is -0.704. The average molecular weight is 1040 g/mol. The van der Waals surface area contributed by atoms with Gasteiger partial charge >= 0.3 is 0 Å². The highest BCUT2D eigenvalue weighted by Crippen LogP contribution is 2.58. The standard InChI is InChI=1S/C75H52N6/c1-7-23-55(24-8-1)75(56-25-9-2-10-26-56)67-51-63(78(57-27-11-3-12-28-57)61-43-39-53(40-44-61)73-76-69-35-19-21-37-71(69)80(73)59-31-15-5-16-32-59)47-49-65(67)66-50-48-64(52-68(66)75)79(58-29-13-4-14-30-58)62-45-41-54(42-46-62)74-77-70-36-20-22-38-72(70)81(74)60-33-17-6-18-34-60/h1-52H. The van der Waals surface area contributed by atoms with Crippen molar-refractivity contribution in [3.8, 4) is 45.3 Å². The van der Waals surface area contributed by atoms with E-state index in [9.17, 15) is 0 Å². The predicted octanol–water partition coefficient (Wildman–Crippen LogP) is 19.0. The summed E-state index contributed by atoms with van der Waals surface area (Å²) in [4.78, 5) is 15.2. The van der Waals surface area contributed by atoms with Crippen LogP contribution in [-0.4, -0.2) is 19.1 Å². The van der Waals surface area contributed by atoms with Crippen LogP contribution in [-0.2, 0) is 5.41 Å². The van der Waals surface area contributed by atoms with Crippen molar-refractivity contribution in [3.05, 3.63) is 338 Å². The predicted molar refractivity (Wildman–Crippen MR) is 333 cm³/mol. The van der Waals surface area contributed by atoms with Gasteiger partial charge in [0.05, 0.1) is 27.5 Å². The molecule has 6 nitrogen and oxygen atoms in total. The molecule has 0 aliphatic heterocycles.